The lowest BCUT2D eigenvalue weighted by Crippen LogP contribution is -2.19. The summed E-state index contributed by atoms with van der Waals surface area (Å²) in [6, 6.07) is 15.6. The van der Waals surface area contributed by atoms with Crippen molar-refractivity contribution in [1.82, 2.24) is 5.43 Å². The Labute approximate surface area is 140 Å². The van der Waals surface area contributed by atoms with E-state index < -0.39 is 0 Å². The van der Waals surface area contributed by atoms with E-state index in [0.717, 1.165) is 16.2 Å². The third kappa shape index (κ3) is 5.79. The molecule has 0 spiro atoms. The Kier molecular flexibility index (Phi) is 6.69. The van der Waals surface area contributed by atoms with Gasteiger partial charge in [-0.25, -0.2) is 5.43 Å². The fourth-order valence-electron chi connectivity index (χ4n) is 1.86. The Bertz CT molecular complexity index is 669. The van der Waals surface area contributed by atoms with Crippen LogP contribution in [0.25, 0.3) is 0 Å². The first-order valence-electron chi connectivity index (χ1n) is 7.42. The smallest absolute Gasteiger partial charge is 0.250 e. The van der Waals surface area contributed by atoms with Crippen molar-refractivity contribution in [2.24, 2.45) is 5.10 Å². The summed E-state index contributed by atoms with van der Waals surface area (Å²) in [7, 11) is 0. The van der Waals surface area contributed by atoms with Crippen LogP contribution in [0.3, 0.4) is 0 Å². The highest BCUT2D eigenvalue weighted by atomic mass is 32.2. The van der Waals surface area contributed by atoms with Gasteiger partial charge in [-0.05, 0) is 38.1 Å². The Morgan fingerprint density at radius 2 is 1.96 bits per heavy atom. The van der Waals surface area contributed by atoms with Crippen LogP contribution in [0.15, 0.2) is 58.5 Å². The molecule has 0 fully saturated rings. The number of thioether (sulfide) groups is 1. The molecule has 0 aliphatic carbocycles. The van der Waals surface area contributed by atoms with Crippen LogP contribution < -0.4 is 10.2 Å². The fraction of sp³-hybridized carbons (Fsp3) is 0.222. The van der Waals surface area contributed by atoms with Crippen molar-refractivity contribution < 1.29 is 9.53 Å². The Balaban J connectivity index is 1.83. The van der Waals surface area contributed by atoms with Gasteiger partial charge in [-0.15, -0.1) is 11.8 Å². The number of carbonyl (C=O) groups is 1. The highest BCUT2D eigenvalue weighted by Gasteiger charge is 2.02. The SMILES string of the molecule is CCOc1ccccc1/C=N/NC(=O)CSc1ccc(C)cc1. The first-order valence-corrected chi connectivity index (χ1v) is 8.41. The zero-order chi connectivity index (χ0) is 16.5. The molecule has 0 bridgehead atoms. The predicted octanol–water partition coefficient (Wildman–Crippen LogP) is 3.64. The fourth-order valence-corrected chi connectivity index (χ4v) is 2.55. The summed E-state index contributed by atoms with van der Waals surface area (Å²) in [5, 5.41) is 3.99. The molecule has 0 heterocycles. The number of para-hydroxylation sites is 1. The average Bonchev–Trinajstić information content (AvgIpc) is 2.56. The lowest BCUT2D eigenvalue weighted by atomic mass is 10.2. The van der Waals surface area contributed by atoms with Gasteiger partial charge in [0.15, 0.2) is 0 Å². The predicted molar refractivity (Wildman–Crippen MR) is 95.3 cm³/mol. The topological polar surface area (TPSA) is 50.7 Å². The summed E-state index contributed by atoms with van der Waals surface area (Å²) in [6.07, 6.45) is 1.60. The van der Waals surface area contributed by atoms with E-state index in [4.69, 9.17) is 4.74 Å². The lowest BCUT2D eigenvalue weighted by molar-refractivity contribution is -0.118. The molecule has 0 radical (unpaired) electrons. The van der Waals surface area contributed by atoms with Crippen LogP contribution >= 0.6 is 11.8 Å². The monoisotopic (exact) mass is 328 g/mol. The normalized spacial score (nSPS) is 10.7. The van der Waals surface area contributed by atoms with Gasteiger partial charge in [-0.3, -0.25) is 4.79 Å². The molecule has 0 unspecified atom stereocenters. The van der Waals surface area contributed by atoms with E-state index in [1.165, 1.54) is 17.3 Å². The second kappa shape index (κ2) is 9.00. The van der Waals surface area contributed by atoms with Crippen molar-refractivity contribution in [2.75, 3.05) is 12.4 Å². The minimum absolute atomic E-state index is 0.138. The number of benzene rings is 2. The number of hydrogen-bond acceptors (Lipinski definition) is 4. The second-order valence-corrected chi connectivity index (χ2v) is 5.91. The first kappa shape index (κ1) is 17.1. The first-order chi connectivity index (χ1) is 11.2. The standard InChI is InChI=1S/C18H20N2O2S/c1-3-22-17-7-5-4-6-15(17)12-19-20-18(21)13-23-16-10-8-14(2)9-11-16/h4-12H,3,13H2,1-2H3,(H,20,21)/b19-12+. The van der Waals surface area contributed by atoms with Gasteiger partial charge in [-0.2, -0.15) is 5.10 Å². The molecule has 2 aromatic rings. The van der Waals surface area contributed by atoms with E-state index in [2.05, 4.69) is 10.5 Å². The van der Waals surface area contributed by atoms with Gasteiger partial charge in [0.25, 0.3) is 0 Å². The average molecular weight is 328 g/mol. The quantitative estimate of drug-likeness (QED) is 0.480. The summed E-state index contributed by atoms with van der Waals surface area (Å²) in [5.41, 5.74) is 4.58. The van der Waals surface area contributed by atoms with Crippen molar-refractivity contribution in [3.63, 3.8) is 0 Å². The number of carbonyl (C=O) groups excluding carboxylic acids is 1. The van der Waals surface area contributed by atoms with Gasteiger partial charge in [0.1, 0.15) is 5.75 Å². The van der Waals surface area contributed by atoms with Gasteiger partial charge in [-0.1, -0.05) is 29.8 Å². The third-order valence-corrected chi connectivity index (χ3v) is 4.01. The van der Waals surface area contributed by atoms with E-state index in [1.54, 1.807) is 6.21 Å². The zero-order valence-electron chi connectivity index (χ0n) is 13.3. The van der Waals surface area contributed by atoms with Crippen LogP contribution in [-0.2, 0) is 4.79 Å². The zero-order valence-corrected chi connectivity index (χ0v) is 14.1. The number of nitrogens with one attached hydrogen (secondary N) is 1. The van der Waals surface area contributed by atoms with Gasteiger partial charge in [0, 0.05) is 10.5 Å². The molecule has 4 nitrogen and oxygen atoms in total. The van der Waals surface area contributed by atoms with Crippen molar-refractivity contribution in [3.8, 4) is 5.75 Å². The highest BCUT2D eigenvalue weighted by molar-refractivity contribution is 8.00. The molecule has 0 atom stereocenters. The molecule has 0 aliphatic heterocycles. The van der Waals surface area contributed by atoms with E-state index in [1.807, 2.05) is 62.4 Å². The van der Waals surface area contributed by atoms with Crippen LogP contribution in [0.1, 0.15) is 18.1 Å². The van der Waals surface area contributed by atoms with Gasteiger partial charge in [0.05, 0.1) is 18.6 Å². The molecule has 5 heteroatoms. The molecule has 0 aromatic heterocycles. The Hall–Kier alpha value is -2.27. The number of nitrogens with zero attached hydrogens (tertiary/aromatic N) is 1. The van der Waals surface area contributed by atoms with Crippen LogP contribution in [0.4, 0.5) is 0 Å². The van der Waals surface area contributed by atoms with E-state index in [0.29, 0.717) is 12.4 Å². The molecule has 1 N–H and O–H groups in total. The maximum absolute atomic E-state index is 11.8. The van der Waals surface area contributed by atoms with Crippen molar-refractivity contribution in [2.45, 2.75) is 18.7 Å². The number of hydrogen-bond donors (Lipinski definition) is 1. The number of aryl methyl sites for hydroxylation is 1. The van der Waals surface area contributed by atoms with Gasteiger partial charge < -0.3 is 4.74 Å². The largest absolute Gasteiger partial charge is 0.493 e. The molecule has 2 rings (SSSR count). The number of rotatable bonds is 7. The van der Waals surface area contributed by atoms with Crippen LogP contribution in [0.2, 0.25) is 0 Å². The number of ether oxygens (including phenoxy) is 1. The Morgan fingerprint density at radius 3 is 2.70 bits per heavy atom. The lowest BCUT2D eigenvalue weighted by Gasteiger charge is -2.06. The van der Waals surface area contributed by atoms with Crippen molar-refractivity contribution in [3.05, 3.63) is 59.7 Å². The molecule has 1 amide bonds. The highest BCUT2D eigenvalue weighted by Crippen LogP contribution is 2.18. The summed E-state index contributed by atoms with van der Waals surface area (Å²) in [4.78, 5) is 12.9. The molecule has 2 aromatic carbocycles. The van der Waals surface area contributed by atoms with Gasteiger partial charge in [0.2, 0.25) is 5.91 Å². The number of hydrazone groups is 1. The molecule has 0 saturated carbocycles. The molecule has 0 aliphatic rings. The van der Waals surface area contributed by atoms with E-state index in [9.17, 15) is 4.79 Å². The van der Waals surface area contributed by atoms with Crippen molar-refractivity contribution >= 4 is 23.9 Å². The molecule has 23 heavy (non-hydrogen) atoms. The second-order valence-electron chi connectivity index (χ2n) is 4.87. The molecular formula is C18H20N2O2S. The minimum Gasteiger partial charge on any atom is -0.493 e. The number of amides is 1. The maximum Gasteiger partial charge on any atom is 0.250 e. The van der Waals surface area contributed by atoms with Crippen LogP contribution in [0.5, 0.6) is 5.75 Å². The molecule has 0 saturated heterocycles. The molecular weight excluding hydrogens is 308 g/mol. The summed E-state index contributed by atoms with van der Waals surface area (Å²) in [6.45, 7) is 4.55. The Morgan fingerprint density at radius 1 is 1.22 bits per heavy atom. The summed E-state index contributed by atoms with van der Waals surface area (Å²) < 4.78 is 5.50. The van der Waals surface area contributed by atoms with E-state index in [-0.39, 0.29) is 5.91 Å². The van der Waals surface area contributed by atoms with Crippen molar-refractivity contribution in [1.29, 1.82) is 0 Å². The maximum atomic E-state index is 11.8. The van der Waals surface area contributed by atoms with Crippen LogP contribution in [0, 0.1) is 6.92 Å². The molecule has 120 valence electrons. The van der Waals surface area contributed by atoms with Crippen LogP contribution in [-0.4, -0.2) is 24.5 Å². The van der Waals surface area contributed by atoms with Gasteiger partial charge >= 0.3 is 0 Å². The third-order valence-electron chi connectivity index (χ3n) is 3.00. The summed E-state index contributed by atoms with van der Waals surface area (Å²) >= 11 is 1.48. The minimum atomic E-state index is -0.138. The van der Waals surface area contributed by atoms with E-state index >= 15 is 0 Å². The summed E-state index contributed by atoms with van der Waals surface area (Å²) in [5.74, 6) is 0.941.